The van der Waals surface area contributed by atoms with E-state index in [4.69, 9.17) is 0 Å². The predicted octanol–water partition coefficient (Wildman–Crippen LogP) is 10.1. The van der Waals surface area contributed by atoms with Crippen LogP contribution in [-0.4, -0.2) is 0 Å². The quantitative estimate of drug-likeness (QED) is 0.194. The third-order valence-corrected chi connectivity index (χ3v) is 8.44. The van der Waals surface area contributed by atoms with Gasteiger partial charge in [0, 0.05) is 0 Å². The van der Waals surface area contributed by atoms with E-state index in [0.717, 1.165) is 0 Å². The zero-order valence-electron chi connectivity index (χ0n) is 26.9. The second-order valence-electron chi connectivity index (χ2n) is 9.38. The van der Waals surface area contributed by atoms with E-state index in [9.17, 15) is 0 Å². The van der Waals surface area contributed by atoms with Gasteiger partial charge in [0.2, 0.25) is 0 Å². The molecule has 0 aliphatic heterocycles. The first kappa shape index (κ1) is 50.4. The molecule has 36 heavy (non-hydrogen) atoms. The van der Waals surface area contributed by atoms with Crippen molar-refractivity contribution in [3.63, 3.8) is 0 Å². The van der Waals surface area contributed by atoms with Gasteiger partial charge in [-0.3, -0.25) is 0 Å². The largest absolute Gasteiger partial charge is 4.00 e. The maximum absolute atomic E-state index is 2.20. The second kappa shape index (κ2) is 21.3. The molecule has 0 aromatic heterocycles. The molecule has 3 rings (SSSR count). The van der Waals surface area contributed by atoms with Crippen LogP contribution in [-0.2, 0) is 53.4 Å². The Morgan fingerprint density at radius 1 is 0.222 bits per heavy atom. The Labute approximate surface area is 266 Å². The zero-order valence-corrected chi connectivity index (χ0v) is 30.9. The van der Waals surface area contributed by atoms with Gasteiger partial charge in [0.25, 0.3) is 0 Å². The molecule has 0 amide bonds. The van der Waals surface area contributed by atoms with E-state index in [1.165, 1.54) is 88.8 Å². The first-order valence-corrected chi connectivity index (χ1v) is 11.2. The fourth-order valence-electron chi connectivity index (χ4n) is 4.22. The monoisotopic (exact) mass is 604 g/mol. The normalized spacial score (nSPS) is 23.8. The molecule has 3 fully saturated rings. The van der Waals surface area contributed by atoms with Crippen LogP contribution >= 0.6 is 0 Å². The van der Waals surface area contributed by atoms with Crippen LogP contribution in [0.5, 0.6) is 0 Å². The van der Waals surface area contributed by atoms with Crippen LogP contribution in [0.4, 0.5) is 0 Å². The van der Waals surface area contributed by atoms with Gasteiger partial charge in [0.1, 0.15) is 0 Å². The number of hydrogen-bond acceptors (Lipinski definition) is 0. The van der Waals surface area contributed by atoms with E-state index < -0.39 is 0 Å². The SMILES string of the molecule is C[C]1[C](C)[C](C)[C](C)[C]1C.C[C]1[C](C)[C](C)[C](C)[C]1C.C[C]1[C](C)[C](C)[C](C)[C]1C.[CH3-].[CH3-].[CH3-].[O-2].[Ti+4].[Zr+4]. The van der Waals surface area contributed by atoms with Gasteiger partial charge in [-0.05, 0) is 88.8 Å². The fraction of sp³-hybridized carbons (Fsp3) is 0.455. The Balaban J connectivity index is -0.0000000865. The Kier molecular flexibility index (Phi) is 29.9. The molecular weight excluding hydrogens is 551 g/mol. The molecule has 0 aromatic carbocycles. The molecule has 0 unspecified atom stereocenters. The van der Waals surface area contributed by atoms with Gasteiger partial charge in [-0.15, -0.1) is 0 Å². The molecule has 0 heterocycles. The topological polar surface area (TPSA) is 28.5 Å². The van der Waals surface area contributed by atoms with E-state index in [0.29, 0.717) is 0 Å². The first-order chi connectivity index (χ1) is 13.7. The summed E-state index contributed by atoms with van der Waals surface area (Å²) in [4.78, 5) is 0. The molecule has 0 N–H and O–H groups in total. The van der Waals surface area contributed by atoms with Crippen LogP contribution in [0.1, 0.15) is 104 Å². The van der Waals surface area contributed by atoms with Crippen molar-refractivity contribution in [2.75, 3.05) is 0 Å². The summed E-state index contributed by atoms with van der Waals surface area (Å²) < 4.78 is 0. The number of hydrogen-bond donors (Lipinski definition) is 0. The molecule has 3 saturated carbocycles. The van der Waals surface area contributed by atoms with E-state index in [1.807, 2.05) is 0 Å². The van der Waals surface area contributed by atoms with Gasteiger partial charge in [0.15, 0.2) is 0 Å². The van der Waals surface area contributed by atoms with Gasteiger partial charge in [-0.25, -0.2) is 0 Å². The van der Waals surface area contributed by atoms with Crippen LogP contribution in [0, 0.1) is 111 Å². The zero-order chi connectivity index (χ0) is 23.7. The number of rotatable bonds is 0. The summed E-state index contributed by atoms with van der Waals surface area (Å²) >= 11 is 0. The van der Waals surface area contributed by atoms with Crippen molar-refractivity contribution >= 4 is 0 Å². The molecule has 3 aliphatic carbocycles. The van der Waals surface area contributed by atoms with Gasteiger partial charge >= 0.3 is 47.9 Å². The third-order valence-electron chi connectivity index (χ3n) is 8.44. The van der Waals surface area contributed by atoms with Crippen molar-refractivity contribution in [3.05, 3.63) is 111 Å². The molecular formula is C33H54OTiZr+3. The minimum absolute atomic E-state index is 0. The van der Waals surface area contributed by atoms with Crippen LogP contribution in [0.3, 0.4) is 0 Å². The summed E-state index contributed by atoms with van der Waals surface area (Å²) in [6, 6.07) is 0. The average Bonchev–Trinajstić information content (AvgIpc) is 3.09. The van der Waals surface area contributed by atoms with Crippen LogP contribution in [0.15, 0.2) is 0 Å². The van der Waals surface area contributed by atoms with Gasteiger partial charge in [-0.1, -0.05) is 104 Å². The van der Waals surface area contributed by atoms with E-state index in [1.54, 1.807) is 0 Å². The molecule has 0 aromatic rings. The predicted molar refractivity (Wildman–Crippen MR) is 154 cm³/mol. The van der Waals surface area contributed by atoms with Gasteiger partial charge < -0.3 is 27.8 Å². The van der Waals surface area contributed by atoms with Crippen molar-refractivity contribution < 1.29 is 53.4 Å². The van der Waals surface area contributed by atoms with E-state index in [2.05, 4.69) is 104 Å². The summed E-state index contributed by atoms with van der Waals surface area (Å²) in [5, 5.41) is 0. The summed E-state index contributed by atoms with van der Waals surface area (Å²) in [5.41, 5.74) is 0. The van der Waals surface area contributed by atoms with Crippen molar-refractivity contribution in [3.8, 4) is 0 Å². The molecule has 0 bridgehead atoms. The Morgan fingerprint density at radius 2 is 0.250 bits per heavy atom. The van der Waals surface area contributed by atoms with Crippen LogP contribution in [0.2, 0.25) is 0 Å². The Bertz CT molecular complexity index is 308. The summed E-state index contributed by atoms with van der Waals surface area (Å²) in [6.07, 6.45) is 0. The Hall–Kier alpha value is 1.56. The van der Waals surface area contributed by atoms with Crippen molar-refractivity contribution in [2.24, 2.45) is 0 Å². The molecule has 1 nitrogen and oxygen atoms in total. The molecule has 3 aliphatic rings. The summed E-state index contributed by atoms with van der Waals surface area (Å²) in [6.45, 7) is 33.0. The molecule has 0 atom stereocenters. The summed E-state index contributed by atoms with van der Waals surface area (Å²) in [5.74, 6) is 22.0. The molecule has 197 valence electrons. The second-order valence-corrected chi connectivity index (χ2v) is 9.38. The maximum Gasteiger partial charge on any atom is 4.00 e. The smallest absolute Gasteiger partial charge is 2.00 e. The minimum Gasteiger partial charge on any atom is -2.00 e. The van der Waals surface area contributed by atoms with Gasteiger partial charge in [0.05, 0.1) is 0 Å². The van der Waals surface area contributed by atoms with Crippen molar-refractivity contribution in [1.29, 1.82) is 0 Å². The Morgan fingerprint density at radius 3 is 0.278 bits per heavy atom. The van der Waals surface area contributed by atoms with Gasteiger partial charge in [-0.2, -0.15) is 0 Å². The third kappa shape index (κ3) is 11.2. The average molecular weight is 606 g/mol. The van der Waals surface area contributed by atoms with Crippen molar-refractivity contribution in [1.82, 2.24) is 0 Å². The standard InChI is InChI=1S/3C10H15.3CH3.O.Ti.Zr/c3*1-6-7(2)9(4)10(5)8(6)3;;;;;;/h3*1-5H3;3*1H3;;;/q;;;3*-1;-2;2*+4. The van der Waals surface area contributed by atoms with E-state index >= 15 is 0 Å². The molecule has 0 saturated heterocycles. The molecule has 15 radical (unpaired) electrons. The van der Waals surface area contributed by atoms with Crippen LogP contribution in [0.25, 0.3) is 0 Å². The maximum atomic E-state index is 2.20. The summed E-state index contributed by atoms with van der Waals surface area (Å²) in [7, 11) is 0. The first-order valence-electron chi connectivity index (χ1n) is 11.2. The molecule has 0 spiro atoms. The fourth-order valence-corrected chi connectivity index (χ4v) is 4.22. The van der Waals surface area contributed by atoms with Crippen molar-refractivity contribution in [2.45, 2.75) is 104 Å². The molecule has 3 heteroatoms. The van der Waals surface area contributed by atoms with Crippen LogP contribution < -0.4 is 0 Å². The minimum atomic E-state index is 0. The van der Waals surface area contributed by atoms with E-state index in [-0.39, 0.29) is 75.7 Å².